The van der Waals surface area contributed by atoms with E-state index in [1.807, 2.05) is 0 Å². The average molecular weight is 345 g/mol. The van der Waals surface area contributed by atoms with Gasteiger partial charge in [-0.2, -0.15) is 0 Å². The van der Waals surface area contributed by atoms with E-state index in [-0.39, 0.29) is 11.7 Å². The summed E-state index contributed by atoms with van der Waals surface area (Å²) in [5.74, 6) is 0.0978. The Hall–Kier alpha value is -3.16. The van der Waals surface area contributed by atoms with Gasteiger partial charge in [-0.1, -0.05) is 0 Å². The minimum absolute atomic E-state index is 0.0396. The summed E-state index contributed by atoms with van der Waals surface area (Å²) in [5.41, 5.74) is 0.785. The molecule has 25 heavy (non-hydrogen) atoms. The zero-order chi connectivity index (χ0) is 18.2. The number of aromatic nitrogens is 2. The van der Waals surface area contributed by atoms with Crippen LogP contribution in [0.2, 0.25) is 0 Å². The van der Waals surface area contributed by atoms with Gasteiger partial charge in [0.2, 0.25) is 0 Å². The summed E-state index contributed by atoms with van der Waals surface area (Å²) < 4.78 is 15.4. The molecule has 0 bridgehead atoms. The molecule has 0 fully saturated rings. The highest BCUT2D eigenvalue weighted by molar-refractivity contribution is 5.89. The number of esters is 1. The maximum atomic E-state index is 12.0. The van der Waals surface area contributed by atoms with Crippen molar-refractivity contribution in [2.75, 3.05) is 20.8 Å². The molecule has 1 atom stereocenters. The van der Waals surface area contributed by atoms with Crippen LogP contribution in [0.5, 0.6) is 11.5 Å². The smallest absolute Gasteiger partial charge is 0.359 e. The summed E-state index contributed by atoms with van der Waals surface area (Å²) in [4.78, 5) is 31.3. The maximum Gasteiger partial charge on any atom is 0.359 e. The van der Waals surface area contributed by atoms with E-state index in [2.05, 4.69) is 15.3 Å². The van der Waals surface area contributed by atoms with Gasteiger partial charge in [0.05, 0.1) is 26.5 Å². The Balaban J connectivity index is 1.95. The van der Waals surface area contributed by atoms with Crippen LogP contribution in [0.15, 0.2) is 36.8 Å². The number of hydrogen-bond acceptors (Lipinski definition) is 7. The van der Waals surface area contributed by atoms with Crippen molar-refractivity contribution in [3.05, 3.63) is 48.0 Å². The van der Waals surface area contributed by atoms with E-state index in [4.69, 9.17) is 14.2 Å². The summed E-state index contributed by atoms with van der Waals surface area (Å²) in [6.45, 7) is 1.37. The molecule has 8 nitrogen and oxygen atoms in total. The third-order valence-corrected chi connectivity index (χ3v) is 3.39. The molecule has 0 radical (unpaired) electrons. The molecule has 0 aliphatic rings. The summed E-state index contributed by atoms with van der Waals surface area (Å²) in [5, 5.41) is 2.74. The standard InChI is InChI=1S/C17H19N3O5/c1-11(13-8-12(23-2)4-5-15(13)24-3)20-16(21)10-25-17(22)14-9-18-6-7-19-14/h4-9,11H,10H2,1-3H3,(H,20,21)/t11-/m1/s1. The van der Waals surface area contributed by atoms with Gasteiger partial charge in [-0.3, -0.25) is 9.78 Å². The van der Waals surface area contributed by atoms with Gasteiger partial charge in [-0.25, -0.2) is 9.78 Å². The first-order chi connectivity index (χ1) is 12.0. The Bertz CT molecular complexity index is 736. The van der Waals surface area contributed by atoms with Crippen LogP contribution in [0.4, 0.5) is 0 Å². The maximum absolute atomic E-state index is 12.0. The quantitative estimate of drug-likeness (QED) is 0.760. The fourth-order valence-electron chi connectivity index (χ4n) is 2.15. The second kappa shape index (κ2) is 8.62. The van der Waals surface area contributed by atoms with Crippen LogP contribution >= 0.6 is 0 Å². The van der Waals surface area contributed by atoms with Crippen molar-refractivity contribution in [1.29, 1.82) is 0 Å². The molecule has 132 valence electrons. The third-order valence-electron chi connectivity index (χ3n) is 3.39. The number of hydrogen-bond donors (Lipinski definition) is 1. The highest BCUT2D eigenvalue weighted by atomic mass is 16.5. The number of benzene rings is 1. The van der Waals surface area contributed by atoms with E-state index >= 15 is 0 Å². The highest BCUT2D eigenvalue weighted by Crippen LogP contribution is 2.29. The van der Waals surface area contributed by atoms with Gasteiger partial charge >= 0.3 is 5.97 Å². The van der Waals surface area contributed by atoms with Crippen LogP contribution in [0.1, 0.15) is 29.0 Å². The minimum Gasteiger partial charge on any atom is -0.497 e. The number of amides is 1. The van der Waals surface area contributed by atoms with Crippen molar-refractivity contribution in [2.45, 2.75) is 13.0 Å². The van der Waals surface area contributed by atoms with E-state index in [1.54, 1.807) is 39.3 Å². The molecule has 1 amide bonds. The number of ether oxygens (including phenoxy) is 3. The topological polar surface area (TPSA) is 99.6 Å². The largest absolute Gasteiger partial charge is 0.497 e. The monoisotopic (exact) mass is 345 g/mol. The van der Waals surface area contributed by atoms with E-state index in [0.29, 0.717) is 11.5 Å². The molecule has 0 unspecified atom stereocenters. The summed E-state index contributed by atoms with van der Waals surface area (Å²) in [6.07, 6.45) is 4.07. The summed E-state index contributed by atoms with van der Waals surface area (Å²) in [7, 11) is 3.10. The van der Waals surface area contributed by atoms with E-state index in [1.165, 1.54) is 18.6 Å². The second-order valence-electron chi connectivity index (χ2n) is 5.06. The van der Waals surface area contributed by atoms with Crippen LogP contribution in [0.3, 0.4) is 0 Å². The first-order valence-electron chi connectivity index (χ1n) is 7.49. The molecule has 1 aromatic heterocycles. The van der Waals surface area contributed by atoms with Gasteiger partial charge in [0, 0.05) is 18.0 Å². The molecular weight excluding hydrogens is 326 g/mol. The van der Waals surface area contributed by atoms with Gasteiger partial charge in [0.25, 0.3) is 5.91 Å². The molecule has 0 saturated heterocycles. The molecule has 0 aliphatic carbocycles. The first-order valence-corrected chi connectivity index (χ1v) is 7.49. The van der Waals surface area contributed by atoms with Crippen LogP contribution in [0, 0.1) is 0 Å². The van der Waals surface area contributed by atoms with Gasteiger partial charge in [0.15, 0.2) is 12.3 Å². The molecule has 8 heteroatoms. The molecule has 0 aliphatic heterocycles. The summed E-state index contributed by atoms with van der Waals surface area (Å²) in [6, 6.07) is 4.92. The predicted molar refractivity (Wildman–Crippen MR) is 88.4 cm³/mol. The minimum atomic E-state index is -0.713. The molecule has 2 aromatic rings. The van der Waals surface area contributed by atoms with Crippen molar-refractivity contribution in [3.63, 3.8) is 0 Å². The lowest BCUT2D eigenvalue weighted by Crippen LogP contribution is -2.31. The second-order valence-corrected chi connectivity index (χ2v) is 5.06. The zero-order valence-corrected chi connectivity index (χ0v) is 14.2. The van der Waals surface area contributed by atoms with Crippen molar-refractivity contribution in [1.82, 2.24) is 15.3 Å². The Morgan fingerprint density at radius 2 is 2.00 bits per heavy atom. The van der Waals surface area contributed by atoms with Crippen molar-refractivity contribution in [3.8, 4) is 11.5 Å². The number of rotatable bonds is 7. The van der Waals surface area contributed by atoms with Gasteiger partial charge < -0.3 is 19.5 Å². The molecule has 0 saturated carbocycles. The molecule has 1 heterocycles. The Morgan fingerprint density at radius 1 is 1.20 bits per heavy atom. The van der Waals surface area contributed by atoms with Crippen LogP contribution < -0.4 is 14.8 Å². The first kappa shape index (κ1) is 18.2. The SMILES string of the molecule is COc1ccc(OC)c([C@@H](C)NC(=O)COC(=O)c2cnccn2)c1. The number of carbonyl (C=O) groups excluding carboxylic acids is 2. The van der Waals surface area contributed by atoms with Crippen molar-refractivity contribution >= 4 is 11.9 Å². The summed E-state index contributed by atoms with van der Waals surface area (Å²) >= 11 is 0. The zero-order valence-electron chi connectivity index (χ0n) is 14.2. The fourth-order valence-corrected chi connectivity index (χ4v) is 2.15. The van der Waals surface area contributed by atoms with Crippen LogP contribution in [0.25, 0.3) is 0 Å². The predicted octanol–water partition coefficient (Wildman–Crippen LogP) is 1.53. The third kappa shape index (κ3) is 4.90. The molecule has 1 N–H and O–H groups in total. The Morgan fingerprint density at radius 3 is 2.64 bits per heavy atom. The highest BCUT2D eigenvalue weighted by Gasteiger charge is 2.17. The lowest BCUT2D eigenvalue weighted by Gasteiger charge is -2.18. The Labute approximate surface area is 145 Å². The molecule has 0 spiro atoms. The van der Waals surface area contributed by atoms with Crippen molar-refractivity contribution < 1.29 is 23.8 Å². The normalized spacial score (nSPS) is 11.3. The number of nitrogens with zero attached hydrogens (tertiary/aromatic N) is 2. The van der Waals surface area contributed by atoms with Crippen molar-refractivity contribution in [2.24, 2.45) is 0 Å². The number of methoxy groups -OCH3 is 2. The van der Waals surface area contributed by atoms with Crippen LogP contribution in [-0.2, 0) is 9.53 Å². The lowest BCUT2D eigenvalue weighted by molar-refractivity contribution is -0.124. The van der Waals surface area contributed by atoms with Gasteiger partial charge in [-0.05, 0) is 25.1 Å². The van der Waals surface area contributed by atoms with E-state index < -0.39 is 18.5 Å². The molecular formula is C17H19N3O5. The van der Waals surface area contributed by atoms with Gasteiger partial charge in [-0.15, -0.1) is 0 Å². The fraction of sp³-hybridized carbons (Fsp3) is 0.294. The van der Waals surface area contributed by atoms with E-state index in [9.17, 15) is 9.59 Å². The number of nitrogens with one attached hydrogen (secondary N) is 1. The molecule has 2 rings (SSSR count). The Kier molecular flexibility index (Phi) is 6.27. The average Bonchev–Trinajstić information content (AvgIpc) is 2.66. The molecule has 1 aromatic carbocycles. The van der Waals surface area contributed by atoms with Gasteiger partial charge in [0.1, 0.15) is 11.5 Å². The van der Waals surface area contributed by atoms with E-state index in [0.717, 1.165) is 5.56 Å². The number of carbonyl (C=O) groups is 2. The lowest BCUT2D eigenvalue weighted by atomic mass is 10.1. The van der Waals surface area contributed by atoms with Crippen LogP contribution in [-0.4, -0.2) is 42.7 Å².